The van der Waals surface area contributed by atoms with Crippen LogP contribution in [0.15, 0.2) is 0 Å². The molecule has 1 saturated heterocycles. The first-order valence-electron chi connectivity index (χ1n) is 4.54. The van der Waals surface area contributed by atoms with E-state index in [0.717, 1.165) is 12.8 Å². The fourth-order valence-electron chi connectivity index (χ4n) is 2.11. The molecule has 0 radical (unpaired) electrons. The lowest BCUT2D eigenvalue weighted by Gasteiger charge is -2.29. The van der Waals surface area contributed by atoms with Gasteiger partial charge in [0.1, 0.15) is 6.04 Å². The molecule has 1 heterocycles. The van der Waals surface area contributed by atoms with Crippen LogP contribution in [0.4, 0.5) is 0 Å². The minimum Gasteiger partial charge on any atom is -0.480 e. The van der Waals surface area contributed by atoms with Crippen LogP contribution in [0.2, 0.25) is 0 Å². The smallest absolute Gasteiger partial charge is 0.320 e. The molecule has 0 bridgehead atoms. The van der Waals surface area contributed by atoms with Gasteiger partial charge in [0, 0.05) is 12.1 Å². The highest BCUT2D eigenvalue weighted by atomic mass is 16.4. The quantitative estimate of drug-likeness (QED) is 0.681. The molecule has 1 rings (SSSR count). The molecular weight excluding hydrogens is 154 g/mol. The molecule has 0 aromatic rings. The monoisotopic (exact) mass is 171 g/mol. The van der Waals surface area contributed by atoms with Gasteiger partial charge >= 0.3 is 5.97 Å². The Morgan fingerprint density at radius 3 is 2.17 bits per heavy atom. The van der Waals surface area contributed by atoms with E-state index in [2.05, 4.69) is 18.7 Å². The van der Waals surface area contributed by atoms with Crippen LogP contribution in [0.5, 0.6) is 0 Å². The maximum atomic E-state index is 10.7. The molecule has 1 aliphatic heterocycles. The topological polar surface area (TPSA) is 40.5 Å². The summed E-state index contributed by atoms with van der Waals surface area (Å²) in [5.74, 6) is -0.712. The molecule has 0 unspecified atom stereocenters. The average molecular weight is 171 g/mol. The van der Waals surface area contributed by atoms with Gasteiger partial charge in [-0.2, -0.15) is 0 Å². The Morgan fingerprint density at radius 2 is 1.83 bits per heavy atom. The second-order valence-electron chi connectivity index (χ2n) is 3.74. The molecule has 3 atom stereocenters. The molecule has 0 aromatic carbocycles. The van der Waals surface area contributed by atoms with Crippen molar-refractivity contribution in [3.63, 3.8) is 0 Å². The van der Waals surface area contributed by atoms with Gasteiger partial charge in [-0.05, 0) is 33.6 Å². The third kappa shape index (κ3) is 1.61. The van der Waals surface area contributed by atoms with Gasteiger partial charge in [-0.15, -0.1) is 0 Å². The molecule has 1 fully saturated rings. The predicted octanol–water partition coefficient (Wildman–Crippen LogP) is 1.33. The molecule has 1 N–H and O–H groups in total. The third-order valence-corrected chi connectivity index (χ3v) is 2.82. The summed E-state index contributed by atoms with van der Waals surface area (Å²) in [6.07, 6.45) is 2.25. The zero-order valence-corrected chi connectivity index (χ0v) is 7.95. The second-order valence-corrected chi connectivity index (χ2v) is 3.74. The van der Waals surface area contributed by atoms with Crippen LogP contribution in [-0.2, 0) is 4.79 Å². The molecule has 12 heavy (non-hydrogen) atoms. The van der Waals surface area contributed by atoms with Crippen LogP contribution in [0.25, 0.3) is 0 Å². The summed E-state index contributed by atoms with van der Waals surface area (Å²) in [6, 6.07) is 0.509. The summed E-state index contributed by atoms with van der Waals surface area (Å²) in [4.78, 5) is 12.8. The van der Waals surface area contributed by atoms with E-state index in [-0.39, 0.29) is 6.04 Å². The summed E-state index contributed by atoms with van der Waals surface area (Å²) in [7, 11) is 0. The number of carboxylic acid groups (broad SMARTS) is 1. The van der Waals surface area contributed by atoms with Crippen LogP contribution in [0.3, 0.4) is 0 Å². The first kappa shape index (κ1) is 9.52. The number of hydrogen-bond donors (Lipinski definition) is 1. The predicted molar refractivity (Wildman–Crippen MR) is 47.1 cm³/mol. The van der Waals surface area contributed by atoms with E-state index in [1.165, 1.54) is 0 Å². The van der Waals surface area contributed by atoms with Crippen molar-refractivity contribution in [2.45, 2.75) is 51.7 Å². The molecule has 3 nitrogen and oxygen atoms in total. The fourth-order valence-corrected chi connectivity index (χ4v) is 2.11. The van der Waals surface area contributed by atoms with Crippen molar-refractivity contribution < 1.29 is 9.90 Å². The van der Waals surface area contributed by atoms with Crippen LogP contribution >= 0.6 is 0 Å². The Kier molecular flexibility index (Phi) is 2.73. The largest absolute Gasteiger partial charge is 0.480 e. The summed E-state index contributed by atoms with van der Waals surface area (Å²) in [5.41, 5.74) is 0. The van der Waals surface area contributed by atoms with Crippen molar-refractivity contribution in [2.24, 2.45) is 0 Å². The molecule has 3 heteroatoms. The van der Waals surface area contributed by atoms with Crippen LogP contribution in [-0.4, -0.2) is 34.1 Å². The zero-order chi connectivity index (χ0) is 9.30. The maximum absolute atomic E-state index is 10.7. The molecule has 0 aliphatic carbocycles. The van der Waals surface area contributed by atoms with Gasteiger partial charge in [0.15, 0.2) is 0 Å². The Balaban J connectivity index is 2.65. The number of carboxylic acids is 1. The lowest BCUT2D eigenvalue weighted by atomic mass is 10.2. The van der Waals surface area contributed by atoms with Crippen LogP contribution < -0.4 is 0 Å². The summed E-state index contributed by atoms with van der Waals surface area (Å²) in [5, 5.41) is 8.84. The van der Waals surface area contributed by atoms with Crippen molar-refractivity contribution in [1.29, 1.82) is 0 Å². The number of aliphatic carboxylic acids is 1. The summed E-state index contributed by atoms with van der Waals surface area (Å²) in [6.45, 7) is 5.96. The van der Waals surface area contributed by atoms with Crippen molar-refractivity contribution in [2.75, 3.05) is 0 Å². The fraction of sp³-hybridized carbons (Fsp3) is 0.889. The molecular formula is C9H17NO2. The van der Waals surface area contributed by atoms with Gasteiger partial charge in [0.2, 0.25) is 0 Å². The van der Waals surface area contributed by atoms with E-state index in [0.29, 0.717) is 12.1 Å². The SMILES string of the molecule is C[C@@H]1CC[C@@H](C)N1[C@H](C)C(=O)O. The number of rotatable bonds is 2. The average Bonchev–Trinajstić information content (AvgIpc) is 2.30. The zero-order valence-electron chi connectivity index (χ0n) is 7.95. The van der Waals surface area contributed by atoms with Gasteiger partial charge in [-0.3, -0.25) is 9.69 Å². The third-order valence-electron chi connectivity index (χ3n) is 2.82. The summed E-state index contributed by atoms with van der Waals surface area (Å²) < 4.78 is 0. The minimum absolute atomic E-state index is 0.336. The summed E-state index contributed by atoms with van der Waals surface area (Å²) >= 11 is 0. The van der Waals surface area contributed by atoms with Gasteiger partial charge in [0.05, 0.1) is 0 Å². The first-order valence-corrected chi connectivity index (χ1v) is 4.54. The maximum Gasteiger partial charge on any atom is 0.320 e. The first-order chi connectivity index (χ1) is 5.54. The van der Waals surface area contributed by atoms with Crippen molar-refractivity contribution >= 4 is 5.97 Å². The van der Waals surface area contributed by atoms with Crippen molar-refractivity contribution in [3.05, 3.63) is 0 Å². The van der Waals surface area contributed by atoms with Crippen molar-refractivity contribution in [3.8, 4) is 0 Å². The highest BCUT2D eigenvalue weighted by Gasteiger charge is 2.33. The van der Waals surface area contributed by atoms with E-state index >= 15 is 0 Å². The molecule has 0 saturated carbocycles. The van der Waals surface area contributed by atoms with Crippen molar-refractivity contribution in [1.82, 2.24) is 4.90 Å². The number of hydrogen-bond acceptors (Lipinski definition) is 2. The second kappa shape index (κ2) is 3.44. The normalized spacial score (nSPS) is 33.6. The minimum atomic E-state index is -0.712. The Labute approximate surface area is 73.4 Å². The van der Waals surface area contributed by atoms with E-state index in [1.807, 2.05) is 0 Å². The van der Waals surface area contributed by atoms with Gasteiger partial charge in [0.25, 0.3) is 0 Å². The Bertz CT molecular complexity index is 171. The van der Waals surface area contributed by atoms with E-state index in [4.69, 9.17) is 5.11 Å². The van der Waals surface area contributed by atoms with E-state index in [9.17, 15) is 4.79 Å². The lowest BCUT2D eigenvalue weighted by molar-refractivity contribution is -0.143. The number of nitrogens with zero attached hydrogens (tertiary/aromatic N) is 1. The van der Waals surface area contributed by atoms with E-state index < -0.39 is 5.97 Å². The molecule has 0 amide bonds. The Morgan fingerprint density at radius 1 is 1.42 bits per heavy atom. The highest BCUT2D eigenvalue weighted by Crippen LogP contribution is 2.25. The number of carbonyl (C=O) groups is 1. The van der Waals surface area contributed by atoms with E-state index in [1.54, 1.807) is 6.92 Å². The van der Waals surface area contributed by atoms with Gasteiger partial charge in [-0.1, -0.05) is 0 Å². The van der Waals surface area contributed by atoms with Crippen LogP contribution in [0.1, 0.15) is 33.6 Å². The molecule has 70 valence electrons. The van der Waals surface area contributed by atoms with Crippen LogP contribution in [0, 0.1) is 0 Å². The van der Waals surface area contributed by atoms with Gasteiger partial charge < -0.3 is 5.11 Å². The molecule has 0 aromatic heterocycles. The molecule has 1 aliphatic rings. The number of likely N-dealkylation sites (tertiary alicyclic amines) is 1. The highest BCUT2D eigenvalue weighted by molar-refractivity contribution is 5.73. The Hall–Kier alpha value is -0.570. The molecule has 0 spiro atoms. The lowest BCUT2D eigenvalue weighted by Crippen LogP contribution is -2.44. The van der Waals surface area contributed by atoms with Gasteiger partial charge in [-0.25, -0.2) is 0 Å². The standard InChI is InChI=1S/C9H17NO2/c1-6-4-5-7(2)10(6)8(3)9(11)12/h6-8H,4-5H2,1-3H3,(H,11,12)/t6-,7-,8-/m1/s1.